The van der Waals surface area contributed by atoms with Gasteiger partial charge in [-0.2, -0.15) is 0 Å². The normalized spacial score (nSPS) is 28.1. The van der Waals surface area contributed by atoms with Gasteiger partial charge in [0.05, 0.1) is 6.33 Å². The Morgan fingerprint density at radius 3 is 2.00 bits per heavy atom. The van der Waals surface area contributed by atoms with E-state index in [4.69, 9.17) is 0 Å². The van der Waals surface area contributed by atoms with Crippen LogP contribution in [-0.4, -0.2) is 0 Å². The Balaban J connectivity index is 1.33. The highest BCUT2D eigenvalue weighted by Gasteiger charge is 2.24. The number of allylic oxidation sites excluding steroid dienone is 1. The Morgan fingerprint density at radius 2 is 1.41 bits per heavy atom. The smallest absolute Gasteiger partial charge is 0.0829 e. The highest BCUT2D eigenvalue weighted by atomic mass is 19.1. The molecule has 0 N–H and O–H groups in total. The minimum absolute atomic E-state index is 0.509. The minimum atomic E-state index is 0.509. The van der Waals surface area contributed by atoms with Gasteiger partial charge in [-0.25, -0.2) is 4.39 Å². The molecular formula is C28H43F. The van der Waals surface area contributed by atoms with Crippen LogP contribution in [0.5, 0.6) is 0 Å². The fourth-order valence-corrected chi connectivity index (χ4v) is 5.74. The van der Waals surface area contributed by atoms with Crippen molar-refractivity contribution in [2.24, 2.45) is 17.8 Å². The molecule has 1 aromatic carbocycles. The van der Waals surface area contributed by atoms with E-state index < -0.39 is 0 Å². The molecule has 0 heterocycles. The molecule has 1 heteroatoms. The van der Waals surface area contributed by atoms with E-state index in [1.807, 2.05) is 0 Å². The third-order valence-corrected chi connectivity index (χ3v) is 7.84. The zero-order chi connectivity index (χ0) is 20.3. The van der Waals surface area contributed by atoms with E-state index in [2.05, 4.69) is 31.2 Å². The lowest BCUT2D eigenvalue weighted by atomic mass is 9.74. The van der Waals surface area contributed by atoms with Gasteiger partial charge >= 0.3 is 0 Å². The van der Waals surface area contributed by atoms with Crippen molar-refractivity contribution < 1.29 is 4.39 Å². The second kappa shape index (κ2) is 12.6. The molecule has 2 aliphatic carbocycles. The van der Waals surface area contributed by atoms with Gasteiger partial charge in [0.15, 0.2) is 0 Å². The van der Waals surface area contributed by atoms with Gasteiger partial charge in [0, 0.05) is 0 Å². The summed E-state index contributed by atoms with van der Waals surface area (Å²) in [6, 6.07) is 9.62. The van der Waals surface area contributed by atoms with Crippen molar-refractivity contribution in [2.75, 3.05) is 0 Å². The number of hydrogen-bond acceptors (Lipinski definition) is 0. The summed E-state index contributed by atoms with van der Waals surface area (Å²) in [4.78, 5) is 0. The Bertz CT molecular complexity index is 571. The summed E-state index contributed by atoms with van der Waals surface area (Å²) >= 11 is 0. The van der Waals surface area contributed by atoms with Crippen molar-refractivity contribution in [1.29, 1.82) is 0 Å². The molecule has 2 saturated carbocycles. The van der Waals surface area contributed by atoms with Gasteiger partial charge < -0.3 is 0 Å². The van der Waals surface area contributed by atoms with Crippen LogP contribution in [0.15, 0.2) is 36.7 Å². The summed E-state index contributed by atoms with van der Waals surface area (Å²) in [6.45, 7) is 2.28. The average Bonchev–Trinajstić information content (AvgIpc) is 2.77. The predicted octanol–water partition coefficient (Wildman–Crippen LogP) is 9.15. The maximum absolute atomic E-state index is 12.3. The van der Waals surface area contributed by atoms with Crippen LogP contribution in [0.4, 0.5) is 4.39 Å². The number of rotatable bonds is 10. The monoisotopic (exact) mass is 398 g/mol. The first kappa shape index (κ1) is 22.6. The molecule has 0 nitrogen and oxygen atoms in total. The molecule has 0 saturated heterocycles. The lowest BCUT2D eigenvalue weighted by Crippen LogP contribution is -2.17. The third-order valence-electron chi connectivity index (χ3n) is 7.84. The van der Waals surface area contributed by atoms with Crippen LogP contribution in [0.1, 0.15) is 114 Å². The van der Waals surface area contributed by atoms with Crippen LogP contribution in [0, 0.1) is 17.8 Å². The number of aryl methyl sites for hydroxylation is 1. The van der Waals surface area contributed by atoms with E-state index in [1.165, 1.54) is 102 Å². The van der Waals surface area contributed by atoms with Crippen LogP contribution in [0.2, 0.25) is 0 Å². The molecule has 0 aromatic heterocycles. The lowest BCUT2D eigenvalue weighted by molar-refractivity contribution is 0.245. The molecule has 2 fully saturated rings. The van der Waals surface area contributed by atoms with Crippen molar-refractivity contribution in [2.45, 2.75) is 109 Å². The predicted molar refractivity (Wildman–Crippen MR) is 124 cm³/mol. The molecule has 1 aromatic rings. The van der Waals surface area contributed by atoms with Crippen LogP contribution in [-0.2, 0) is 6.42 Å². The summed E-state index contributed by atoms with van der Waals surface area (Å²) in [7, 11) is 0. The van der Waals surface area contributed by atoms with E-state index in [-0.39, 0.29) is 0 Å². The van der Waals surface area contributed by atoms with Crippen molar-refractivity contribution in [3.05, 3.63) is 47.8 Å². The second-order valence-electron chi connectivity index (χ2n) is 9.95. The van der Waals surface area contributed by atoms with Gasteiger partial charge in [0.25, 0.3) is 0 Å². The molecular weight excluding hydrogens is 355 g/mol. The first-order valence-corrected chi connectivity index (χ1v) is 12.6. The van der Waals surface area contributed by atoms with Gasteiger partial charge in [0.1, 0.15) is 0 Å². The van der Waals surface area contributed by atoms with E-state index in [9.17, 15) is 4.39 Å². The Morgan fingerprint density at radius 1 is 0.793 bits per heavy atom. The molecule has 0 bridgehead atoms. The topological polar surface area (TPSA) is 0 Å². The summed E-state index contributed by atoms with van der Waals surface area (Å²) < 4.78 is 12.3. The van der Waals surface area contributed by atoms with Crippen molar-refractivity contribution in [3.8, 4) is 0 Å². The number of unbranched alkanes of at least 4 members (excludes halogenated alkanes) is 3. The van der Waals surface area contributed by atoms with Gasteiger partial charge in [-0.05, 0) is 99.0 Å². The first-order valence-electron chi connectivity index (χ1n) is 12.6. The number of halogens is 1. The molecule has 3 rings (SSSR count). The van der Waals surface area contributed by atoms with E-state index >= 15 is 0 Å². The van der Waals surface area contributed by atoms with Crippen molar-refractivity contribution >= 4 is 0 Å². The first-order chi connectivity index (χ1) is 14.3. The average molecular weight is 399 g/mol. The third kappa shape index (κ3) is 7.58. The van der Waals surface area contributed by atoms with Gasteiger partial charge in [0.2, 0.25) is 0 Å². The standard InChI is InChI=1S/C28H43F/c1-2-3-4-5-6-23-13-17-27(18-14-23)28-19-15-25(16-20-28)8-7-24-9-11-26(12-10-24)21-22-29/h13-14,17-18,21-22,24-26,28H,2-12,15-16,19-20H2,1H3/b22-21+. The van der Waals surface area contributed by atoms with Gasteiger partial charge in [-0.15, -0.1) is 0 Å². The molecule has 0 unspecified atom stereocenters. The minimum Gasteiger partial charge on any atom is -0.216 e. The van der Waals surface area contributed by atoms with E-state index in [0.29, 0.717) is 5.92 Å². The van der Waals surface area contributed by atoms with E-state index in [0.717, 1.165) is 24.1 Å². The Labute approximate surface area is 179 Å². The maximum atomic E-state index is 12.3. The molecule has 0 aliphatic heterocycles. The zero-order valence-electron chi connectivity index (χ0n) is 18.8. The largest absolute Gasteiger partial charge is 0.216 e. The fraction of sp³-hybridized carbons (Fsp3) is 0.714. The second-order valence-corrected chi connectivity index (χ2v) is 9.95. The molecule has 0 spiro atoms. The SMILES string of the molecule is CCCCCCc1ccc(C2CCC(CCC3CCC(/C=C/F)CC3)CC2)cc1. The number of hydrogen-bond donors (Lipinski definition) is 0. The zero-order valence-corrected chi connectivity index (χ0v) is 18.8. The highest BCUT2D eigenvalue weighted by Crippen LogP contribution is 2.40. The van der Waals surface area contributed by atoms with Crippen LogP contribution < -0.4 is 0 Å². The highest BCUT2D eigenvalue weighted by molar-refractivity contribution is 5.26. The van der Waals surface area contributed by atoms with Crippen molar-refractivity contribution in [1.82, 2.24) is 0 Å². The van der Waals surface area contributed by atoms with Gasteiger partial charge in [-0.1, -0.05) is 69.4 Å². The fourth-order valence-electron chi connectivity index (χ4n) is 5.74. The summed E-state index contributed by atoms with van der Waals surface area (Å²) in [5, 5.41) is 0. The quantitative estimate of drug-likeness (QED) is 0.345. The van der Waals surface area contributed by atoms with E-state index in [1.54, 1.807) is 11.6 Å². The molecule has 29 heavy (non-hydrogen) atoms. The molecule has 2 aliphatic rings. The Hall–Kier alpha value is -1.11. The summed E-state index contributed by atoms with van der Waals surface area (Å²) in [5.41, 5.74) is 3.11. The molecule has 0 amide bonds. The Kier molecular flexibility index (Phi) is 9.77. The number of benzene rings is 1. The summed E-state index contributed by atoms with van der Waals surface area (Å²) in [6.07, 6.45) is 22.7. The molecule has 162 valence electrons. The molecule has 0 atom stereocenters. The van der Waals surface area contributed by atoms with Crippen LogP contribution >= 0.6 is 0 Å². The molecule has 0 radical (unpaired) electrons. The summed E-state index contributed by atoms with van der Waals surface area (Å²) in [5.74, 6) is 3.16. The van der Waals surface area contributed by atoms with Crippen LogP contribution in [0.3, 0.4) is 0 Å². The van der Waals surface area contributed by atoms with Crippen LogP contribution in [0.25, 0.3) is 0 Å². The lowest BCUT2D eigenvalue weighted by Gasteiger charge is -2.31. The van der Waals surface area contributed by atoms with Crippen molar-refractivity contribution in [3.63, 3.8) is 0 Å². The van der Waals surface area contributed by atoms with Gasteiger partial charge in [-0.3, -0.25) is 0 Å². The maximum Gasteiger partial charge on any atom is 0.0829 e.